The highest BCUT2D eigenvalue weighted by Crippen LogP contribution is 2.35. The maximum atomic E-state index is 13.4. The molecule has 3 aliphatic heterocycles. The summed E-state index contributed by atoms with van der Waals surface area (Å²) < 4.78 is 0. The fourth-order valence-electron chi connectivity index (χ4n) is 5.24. The van der Waals surface area contributed by atoms with Gasteiger partial charge in [-0.1, -0.05) is 45.0 Å². The van der Waals surface area contributed by atoms with Gasteiger partial charge in [0.05, 0.1) is 6.04 Å². The maximum absolute atomic E-state index is 13.4. The van der Waals surface area contributed by atoms with Crippen molar-refractivity contribution in [1.82, 2.24) is 14.7 Å². The van der Waals surface area contributed by atoms with Crippen LogP contribution in [0.4, 0.5) is 4.79 Å². The normalized spacial score (nSPS) is 23.3. The molecule has 3 fully saturated rings. The van der Waals surface area contributed by atoms with Crippen LogP contribution in [0.2, 0.25) is 0 Å². The summed E-state index contributed by atoms with van der Waals surface area (Å²) in [6.45, 7) is 10.8. The van der Waals surface area contributed by atoms with Gasteiger partial charge in [0, 0.05) is 38.6 Å². The number of benzene rings is 1. The van der Waals surface area contributed by atoms with Crippen molar-refractivity contribution in [3.8, 4) is 0 Å². The lowest BCUT2D eigenvalue weighted by molar-refractivity contribution is -0.137. The van der Waals surface area contributed by atoms with E-state index in [-0.39, 0.29) is 23.4 Å². The molecule has 0 bridgehead atoms. The van der Waals surface area contributed by atoms with Crippen molar-refractivity contribution in [2.24, 2.45) is 5.92 Å². The molecule has 0 spiro atoms. The molecular formula is C25H37N3O2. The lowest BCUT2D eigenvalue weighted by Crippen LogP contribution is -2.48. The van der Waals surface area contributed by atoms with E-state index in [1.54, 1.807) is 0 Å². The number of carbonyl (C=O) groups is 2. The third kappa shape index (κ3) is 4.35. The van der Waals surface area contributed by atoms with E-state index in [1.165, 1.54) is 11.1 Å². The Hall–Kier alpha value is -2.04. The van der Waals surface area contributed by atoms with Crippen molar-refractivity contribution in [2.45, 2.75) is 70.8 Å². The number of hydrogen-bond donors (Lipinski definition) is 0. The molecule has 0 saturated carbocycles. The minimum Gasteiger partial charge on any atom is -0.335 e. The zero-order valence-electron chi connectivity index (χ0n) is 18.9. The lowest BCUT2D eigenvalue weighted by Gasteiger charge is -2.36. The fourth-order valence-corrected chi connectivity index (χ4v) is 5.24. The summed E-state index contributed by atoms with van der Waals surface area (Å²) in [5, 5.41) is 0. The molecule has 3 heterocycles. The average Bonchev–Trinajstić information content (AvgIpc) is 3.44. The van der Waals surface area contributed by atoms with E-state index in [9.17, 15) is 9.59 Å². The summed E-state index contributed by atoms with van der Waals surface area (Å²) in [7, 11) is 0. The molecule has 5 heteroatoms. The van der Waals surface area contributed by atoms with Gasteiger partial charge in [-0.25, -0.2) is 4.79 Å². The van der Waals surface area contributed by atoms with Crippen molar-refractivity contribution in [2.75, 3.05) is 32.7 Å². The summed E-state index contributed by atoms with van der Waals surface area (Å²) in [5.74, 6) is 0.354. The van der Waals surface area contributed by atoms with Crippen molar-refractivity contribution in [3.05, 3.63) is 35.4 Å². The van der Waals surface area contributed by atoms with Crippen molar-refractivity contribution in [1.29, 1.82) is 0 Å². The summed E-state index contributed by atoms with van der Waals surface area (Å²) in [5.41, 5.74) is 2.73. The van der Waals surface area contributed by atoms with Crippen LogP contribution in [0, 0.1) is 5.92 Å². The van der Waals surface area contributed by atoms with E-state index in [1.807, 2.05) is 9.80 Å². The molecule has 3 aliphatic rings. The number of likely N-dealkylation sites (tertiary alicyclic amines) is 3. The second-order valence-corrected chi connectivity index (χ2v) is 10.3. The monoisotopic (exact) mass is 411 g/mol. The first-order chi connectivity index (χ1) is 14.3. The molecule has 0 aromatic heterocycles. The Morgan fingerprint density at radius 1 is 0.800 bits per heavy atom. The molecule has 0 unspecified atom stereocenters. The molecule has 4 rings (SSSR count). The number of piperidine rings is 1. The van der Waals surface area contributed by atoms with Crippen LogP contribution in [0.3, 0.4) is 0 Å². The fraction of sp³-hybridized carbons (Fsp3) is 0.680. The maximum Gasteiger partial charge on any atom is 0.319 e. The first-order valence-electron chi connectivity index (χ1n) is 11.8. The van der Waals surface area contributed by atoms with Gasteiger partial charge in [-0.15, -0.1) is 0 Å². The molecule has 164 valence electrons. The van der Waals surface area contributed by atoms with Crippen molar-refractivity contribution < 1.29 is 9.59 Å². The van der Waals surface area contributed by atoms with E-state index < -0.39 is 0 Å². The van der Waals surface area contributed by atoms with Gasteiger partial charge in [-0.3, -0.25) is 4.79 Å². The number of carbonyl (C=O) groups excluding carboxylic acids is 2. The SMILES string of the molecule is CC(C)(C)c1ccc([C@H]2CCCN2C(=O)C2CCN(C(=O)N3CCCC3)CC2)cc1. The van der Waals surface area contributed by atoms with Gasteiger partial charge in [0.2, 0.25) is 5.91 Å². The minimum atomic E-state index is 0.0575. The largest absolute Gasteiger partial charge is 0.335 e. The van der Waals surface area contributed by atoms with Crippen molar-refractivity contribution in [3.63, 3.8) is 0 Å². The van der Waals surface area contributed by atoms with Crippen LogP contribution in [0.25, 0.3) is 0 Å². The summed E-state index contributed by atoms with van der Waals surface area (Å²) in [6.07, 6.45) is 5.95. The van der Waals surface area contributed by atoms with Crippen molar-refractivity contribution >= 4 is 11.9 Å². The topological polar surface area (TPSA) is 43.9 Å². The molecule has 30 heavy (non-hydrogen) atoms. The highest BCUT2D eigenvalue weighted by atomic mass is 16.2. The molecule has 0 radical (unpaired) electrons. The molecule has 1 atom stereocenters. The highest BCUT2D eigenvalue weighted by Gasteiger charge is 2.37. The Morgan fingerprint density at radius 2 is 1.40 bits per heavy atom. The van der Waals surface area contributed by atoms with E-state index in [2.05, 4.69) is 49.9 Å². The third-order valence-electron chi connectivity index (χ3n) is 7.19. The number of hydrogen-bond acceptors (Lipinski definition) is 2. The second kappa shape index (κ2) is 8.60. The predicted molar refractivity (Wildman–Crippen MR) is 119 cm³/mol. The molecule has 0 aliphatic carbocycles. The molecular weight excluding hydrogens is 374 g/mol. The van der Waals surface area contributed by atoms with Crippen LogP contribution < -0.4 is 0 Å². The van der Waals surface area contributed by atoms with Crippen LogP contribution in [-0.2, 0) is 10.2 Å². The Bertz CT molecular complexity index is 754. The number of nitrogens with zero attached hydrogens (tertiary/aromatic N) is 3. The highest BCUT2D eigenvalue weighted by molar-refractivity contribution is 5.80. The van der Waals surface area contributed by atoms with Crippen LogP contribution >= 0.6 is 0 Å². The van der Waals surface area contributed by atoms with Gasteiger partial charge >= 0.3 is 6.03 Å². The van der Waals surface area contributed by atoms with Crippen LogP contribution in [0.15, 0.2) is 24.3 Å². The van der Waals surface area contributed by atoms with Gasteiger partial charge in [-0.05, 0) is 55.1 Å². The molecule has 3 amide bonds. The van der Waals surface area contributed by atoms with E-state index in [4.69, 9.17) is 0 Å². The Morgan fingerprint density at radius 3 is 2.00 bits per heavy atom. The molecule has 3 saturated heterocycles. The molecule has 0 N–H and O–H groups in total. The number of rotatable bonds is 2. The van der Waals surface area contributed by atoms with Crippen LogP contribution in [0.1, 0.15) is 76.5 Å². The third-order valence-corrected chi connectivity index (χ3v) is 7.19. The van der Waals surface area contributed by atoms with E-state index in [0.717, 1.165) is 58.2 Å². The van der Waals surface area contributed by atoms with Gasteiger partial charge in [-0.2, -0.15) is 0 Å². The zero-order chi connectivity index (χ0) is 21.3. The quantitative estimate of drug-likeness (QED) is 0.715. The zero-order valence-corrected chi connectivity index (χ0v) is 18.9. The van der Waals surface area contributed by atoms with Crippen LogP contribution in [-0.4, -0.2) is 59.4 Å². The van der Waals surface area contributed by atoms with Gasteiger partial charge in [0.15, 0.2) is 0 Å². The first kappa shape index (κ1) is 21.2. The second-order valence-electron chi connectivity index (χ2n) is 10.3. The smallest absolute Gasteiger partial charge is 0.319 e. The minimum absolute atomic E-state index is 0.0575. The Kier molecular flexibility index (Phi) is 6.08. The summed E-state index contributed by atoms with van der Waals surface area (Å²) in [6, 6.07) is 9.26. The summed E-state index contributed by atoms with van der Waals surface area (Å²) in [4.78, 5) is 32.0. The predicted octanol–water partition coefficient (Wildman–Crippen LogP) is 4.58. The van der Waals surface area contributed by atoms with Gasteiger partial charge in [0.1, 0.15) is 0 Å². The summed E-state index contributed by atoms with van der Waals surface area (Å²) >= 11 is 0. The Labute approximate surface area is 181 Å². The Balaban J connectivity index is 1.36. The van der Waals surface area contributed by atoms with E-state index in [0.29, 0.717) is 19.0 Å². The standard InChI is InChI=1S/C25H37N3O2/c1-25(2,3)21-10-8-19(9-11-21)22-7-6-16-28(22)23(29)20-12-17-27(18-13-20)24(30)26-14-4-5-15-26/h8-11,20,22H,4-7,12-18H2,1-3H3/t22-/m1/s1. The van der Waals surface area contributed by atoms with E-state index >= 15 is 0 Å². The molecule has 1 aromatic rings. The first-order valence-corrected chi connectivity index (χ1v) is 11.8. The molecule has 5 nitrogen and oxygen atoms in total. The lowest BCUT2D eigenvalue weighted by atomic mass is 9.86. The van der Waals surface area contributed by atoms with Gasteiger partial charge < -0.3 is 14.7 Å². The van der Waals surface area contributed by atoms with Gasteiger partial charge in [0.25, 0.3) is 0 Å². The number of urea groups is 1. The number of amides is 3. The average molecular weight is 412 g/mol. The molecule has 1 aromatic carbocycles. The van der Waals surface area contributed by atoms with Crippen LogP contribution in [0.5, 0.6) is 0 Å².